The standard InChI is InChI=1S/C12H8Br2N2O2/c13-10-5-11(14)16-12(15-10)9-6-17-7-3-1-2-4-8(7)18-9/h1-5,9H,6H2. The zero-order valence-electron chi connectivity index (χ0n) is 9.14. The van der Waals surface area contributed by atoms with E-state index in [4.69, 9.17) is 9.47 Å². The van der Waals surface area contributed by atoms with Crippen LogP contribution in [0.1, 0.15) is 11.9 Å². The predicted molar refractivity (Wildman–Crippen MR) is 72.7 cm³/mol. The first-order valence-electron chi connectivity index (χ1n) is 5.31. The Balaban J connectivity index is 1.91. The maximum Gasteiger partial charge on any atom is 0.192 e. The van der Waals surface area contributed by atoms with Gasteiger partial charge in [-0.05, 0) is 44.0 Å². The van der Waals surface area contributed by atoms with Gasteiger partial charge in [0, 0.05) is 6.07 Å². The van der Waals surface area contributed by atoms with Gasteiger partial charge >= 0.3 is 0 Å². The summed E-state index contributed by atoms with van der Waals surface area (Å²) in [7, 11) is 0. The van der Waals surface area contributed by atoms with Crippen molar-refractivity contribution in [3.63, 3.8) is 0 Å². The number of nitrogens with zero attached hydrogens (tertiary/aromatic N) is 2. The fraction of sp³-hybridized carbons (Fsp3) is 0.167. The Labute approximate surface area is 121 Å². The van der Waals surface area contributed by atoms with Crippen LogP contribution in [0.5, 0.6) is 11.5 Å². The first-order chi connectivity index (χ1) is 8.72. The molecule has 0 saturated heterocycles. The summed E-state index contributed by atoms with van der Waals surface area (Å²) in [5, 5.41) is 0. The maximum atomic E-state index is 5.84. The molecule has 6 heteroatoms. The second-order valence-electron chi connectivity index (χ2n) is 3.74. The second-order valence-corrected chi connectivity index (χ2v) is 5.36. The number of hydrogen-bond donors (Lipinski definition) is 0. The lowest BCUT2D eigenvalue weighted by molar-refractivity contribution is 0.0848. The molecule has 3 rings (SSSR count). The molecule has 0 spiro atoms. The summed E-state index contributed by atoms with van der Waals surface area (Å²) in [6.07, 6.45) is -0.298. The molecule has 92 valence electrons. The summed E-state index contributed by atoms with van der Waals surface area (Å²) in [6.45, 7) is 0.403. The monoisotopic (exact) mass is 370 g/mol. The van der Waals surface area contributed by atoms with Crippen molar-refractivity contribution in [2.24, 2.45) is 0 Å². The SMILES string of the molecule is Brc1cc(Br)nc(C2COc3ccccc3O2)n1. The Morgan fingerprint density at radius 3 is 2.44 bits per heavy atom. The highest BCUT2D eigenvalue weighted by Crippen LogP contribution is 2.35. The molecule has 0 fully saturated rings. The van der Waals surface area contributed by atoms with E-state index in [-0.39, 0.29) is 6.10 Å². The zero-order chi connectivity index (χ0) is 12.5. The van der Waals surface area contributed by atoms with Crippen LogP contribution in [0.4, 0.5) is 0 Å². The summed E-state index contributed by atoms with van der Waals surface area (Å²) in [5.74, 6) is 2.06. The number of para-hydroxylation sites is 2. The van der Waals surface area contributed by atoms with E-state index in [9.17, 15) is 0 Å². The topological polar surface area (TPSA) is 44.2 Å². The molecule has 18 heavy (non-hydrogen) atoms. The van der Waals surface area contributed by atoms with Gasteiger partial charge in [0.1, 0.15) is 15.8 Å². The molecule has 0 saturated carbocycles. The lowest BCUT2D eigenvalue weighted by atomic mass is 10.2. The number of ether oxygens (including phenoxy) is 2. The number of hydrogen-bond acceptors (Lipinski definition) is 4. The molecule has 0 bridgehead atoms. The van der Waals surface area contributed by atoms with E-state index in [1.807, 2.05) is 24.3 Å². The van der Waals surface area contributed by atoms with E-state index in [1.54, 1.807) is 6.07 Å². The number of halogens is 2. The minimum atomic E-state index is -0.298. The minimum Gasteiger partial charge on any atom is -0.485 e. The number of aromatic nitrogens is 2. The van der Waals surface area contributed by atoms with E-state index in [0.29, 0.717) is 27.4 Å². The van der Waals surface area contributed by atoms with Crippen LogP contribution < -0.4 is 9.47 Å². The van der Waals surface area contributed by atoms with Gasteiger partial charge in [0.25, 0.3) is 0 Å². The molecule has 1 aliphatic rings. The van der Waals surface area contributed by atoms with E-state index in [1.165, 1.54) is 0 Å². The van der Waals surface area contributed by atoms with Crippen molar-refractivity contribution in [1.29, 1.82) is 0 Å². The Bertz CT molecular complexity index is 572. The van der Waals surface area contributed by atoms with Crippen molar-refractivity contribution >= 4 is 31.9 Å². The minimum absolute atomic E-state index is 0.298. The molecule has 1 aromatic heterocycles. The van der Waals surface area contributed by atoms with Gasteiger partial charge in [-0.25, -0.2) is 9.97 Å². The van der Waals surface area contributed by atoms with Gasteiger partial charge in [0.05, 0.1) is 0 Å². The molecular weight excluding hydrogens is 364 g/mol. The predicted octanol–water partition coefficient (Wildman–Crippen LogP) is 3.51. The van der Waals surface area contributed by atoms with Crippen molar-refractivity contribution in [3.8, 4) is 11.5 Å². The third kappa shape index (κ3) is 2.35. The van der Waals surface area contributed by atoms with Gasteiger partial charge in [0.15, 0.2) is 23.4 Å². The fourth-order valence-electron chi connectivity index (χ4n) is 1.70. The van der Waals surface area contributed by atoms with Gasteiger partial charge < -0.3 is 9.47 Å². The smallest absolute Gasteiger partial charge is 0.192 e. The van der Waals surface area contributed by atoms with Crippen LogP contribution in [-0.4, -0.2) is 16.6 Å². The van der Waals surface area contributed by atoms with E-state index in [0.717, 1.165) is 5.75 Å². The lowest BCUT2D eigenvalue weighted by Gasteiger charge is -2.25. The summed E-state index contributed by atoms with van der Waals surface area (Å²) in [4.78, 5) is 8.60. The molecule has 1 aromatic carbocycles. The van der Waals surface area contributed by atoms with Crippen molar-refractivity contribution in [3.05, 3.63) is 45.4 Å². The third-order valence-corrected chi connectivity index (χ3v) is 3.29. The van der Waals surface area contributed by atoms with Crippen LogP contribution in [-0.2, 0) is 0 Å². The molecule has 2 aromatic rings. The summed E-state index contributed by atoms with van der Waals surface area (Å²) in [6, 6.07) is 9.34. The number of rotatable bonds is 1. The highest BCUT2D eigenvalue weighted by atomic mass is 79.9. The summed E-state index contributed by atoms with van der Waals surface area (Å²) < 4.78 is 12.9. The Kier molecular flexibility index (Phi) is 3.22. The molecular formula is C12H8Br2N2O2. The fourth-order valence-corrected chi connectivity index (χ4v) is 2.80. The van der Waals surface area contributed by atoms with E-state index in [2.05, 4.69) is 41.8 Å². The average Bonchev–Trinajstić information content (AvgIpc) is 2.37. The summed E-state index contributed by atoms with van der Waals surface area (Å²) >= 11 is 6.67. The maximum absolute atomic E-state index is 5.84. The van der Waals surface area contributed by atoms with Gasteiger partial charge in [-0.3, -0.25) is 0 Å². The molecule has 0 radical (unpaired) electrons. The highest BCUT2D eigenvalue weighted by molar-refractivity contribution is 9.11. The van der Waals surface area contributed by atoms with E-state index < -0.39 is 0 Å². The van der Waals surface area contributed by atoms with Gasteiger partial charge in [-0.15, -0.1) is 0 Å². The largest absolute Gasteiger partial charge is 0.485 e. The first kappa shape index (κ1) is 11.9. The molecule has 4 nitrogen and oxygen atoms in total. The van der Waals surface area contributed by atoms with Crippen LogP contribution in [0.3, 0.4) is 0 Å². The first-order valence-corrected chi connectivity index (χ1v) is 6.89. The molecule has 0 amide bonds. The Morgan fingerprint density at radius 2 is 1.72 bits per heavy atom. The van der Waals surface area contributed by atoms with Crippen LogP contribution >= 0.6 is 31.9 Å². The van der Waals surface area contributed by atoms with Crippen LogP contribution in [0.15, 0.2) is 39.5 Å². The van der Waals surface area contributed by atoms with Gasteiger partial charge in [-0.2, -0.15) is 0 Å². The van der Waals surface area contributed by atoms with Crippen molar-refractivity contribution in [2.75, 3.05) is 6.61 Å². The van der Waals surface area contributed by atoms with Crippen molar-refractivity contribution < 1.29 is 9.47 Å². The van der Waals surface area contributed by atoms with Crippen LogP contribution in [0.25, 0.3) is 0 Å². The quantitative estimate of drug-likeness (QED) is 0.719. The lowest BCUT2D eigenvalue weighted by Crippen LogP contribution is -2.23. The van der Waals surface area contributed by atoms with Gasteiger partial charge in [0.2, 0.25) is 0 Å². The zero-order valence-corrected chi connectivity index (χ0v) is 12.3. The van der Waals surface area contributed by atoms with Crippen molar-refractivity contribution in [1.82, 2.24) is 9.97 Å². The molecule has 2 heterocycles. The molecule has 0 aliphatic carbocycles. The Hall–Kier alpha value is -1.14. The molecule has 1 unspecified atom stereocenters. The normalized spacial score (nSPS) is 17.6. The molecule has 1 aliphatic heterocycles. The average molecular weight is 372 g/mol. The number of benzene rings is 1. The van der Waals surface area contributed by atoms with Crippen LogP contribution in [0.2, 0.25) is 0 Å². The highest BCUT2D eigenvalue weighted by Gasteiger charge is 2.25. The van der Waals surface area contributed by atoms with Gasteiger partial charge in [-0.1, -0.05) is 12.1 Å². The second kappa shape index (κ2) is 4.85. The van der Waals surface area contributed by atoms with Crippen LogP contribution in [0, 0.1) is 0 Å². The van der Waals surface area contributed by atoms with Crippen molar-refractivity contribution in [2.45, 2.75) is 6.10 Å². The molecule has 0 N–H and O–H groups in total. The number of fused-ring (bicyclic) bond motifs is 1. The molecule has 1 atom stereocenters. The van der Waals surface area contributed by atoms with E-state index >= 15 is 0 Å². The Morgan fingerprint density at radius 1 is 1.06 bits per heavy atom. The summed E-state index contributed by atoms with van der Waals surface area (Å²) in [5.41, 5.74) is 0. The third-order valence-electron chi connectivity index (χ3n) is 2.48.